The molecule has 2 rings (SSSR count). The number of rotatable bonds is 4. The first-order chi connectivity index (χ1) is 9.54. The van der Waals surface area contributed by atoms with Crippen LogP contribution in [0, 0.1) is 10.1 Å². The number of nitrogens with zero attached hydrogens (tertiary/aromatic N) is 3. The molecule has 8 heteroatoms. The molecule has 0 atom stereocenters. The first kappa shape index (κ1) is 13.9. The summed E-state index contributed by atoms with van der Waals surface area (Å²) in [5.41, 5.74) is 0.466. The molecule has 7 nitrogen and oxygen atoms in total. The minimum absolute atomic E-state index is 0.0163. The molecule has 0 saturated heterocycles. The van der Waals surface area contributed by atoms with Crippen molar-refractivity contribution < 1.29 is 9.72 Å². The maximum absolute atomic E-state index is 11.8. The highest BCUT2D eigenvalue weighted by atomic mass is 35.5. The number of nitrogens with one attached hydrogen (secondary N) is 1. The van der Waals surface area contributed by atoms with Gasteiger partial charge in [0.25, 0.3) is 5.69 Å². The van der Waals surface area contributed by atoms with Gasteiger partial charge >= 0.3 is 0 Å². The molecule has 1 aromatic heterocycles. The molecule has 0 aliphatic carbocycles. The van der Waals surface area contributed by atoms with Gasteiger partial charge in [-0.25, -0.2) is 9.97 Å². The third-order valence-corrected chi connectivity index (χ3v) is 2.57. The lowest BCUT2D eigenvalue weighted by atomic mass is 10.1. The van der Waals surface area contributed by atoms with Crippen molar-refractivity contribution in [3.05, 3.63) is 57.4 Å². The zero-order valence-corrected chi connectivity index (χ0v) is 10.9. The molecule has 0 bridgehead atoms. The van der Waals surface area contributed by atoms with E-state index in [4.69, 9.17) is 11.6 Å². The van der Waals surface area contributed by atoms with E-state index >= 15 is 0 Å². The van der Waals surface area contributed by atoms with E-state index < -0.39 is 4.92 Å². The molecule has 0 aliphatic rings. The summed E-state index contributed by atoms with van der Waals surface area (Å²) in [7, 11) is 0. The van der Waals surface area contributed by atoms with Crippen LogP contribution in [-0.2, 0) is 11.2 Å². The smallest absolute Gasteiger partial charge is 0.269 e. The number of nitro benzene ring substituents is 1. The Morgan fingerprint density at radius 3 is 2.90 bits per heavy atom. The lowest BCUT2D eigenvalue weighted by molar-refractivity contribution is -0.384. The molecule has 0 spiro atoms. The summed E-state index contributed by atoms with van der Waals surface area (Å²) in [5.74, 6) is -0.291. The van der Waals surface area contributed by atoms with Gasteiger partial charge in [-0.1, -0.05) is 23.7 Å². The van der Waals surface area contributed by atoms with Crippen LogP contribution in [0.15, 0.2) is 36.5 Å². The zero-order valence-electron chi connectivity index (χ0n) is 10.1. The molecule has 2 aromatic rings. The molecule has 0 unspecified atom stereocenters. The average Bonchev–Trinajstić information content (AvgIpc) is 2.38. The highest BCUT2D eigenvalue weighted by Crippen LogP contribution is 2.14. The van der Waals surface area contributed by atoms with E-state index in [0.717, 1.165) is 0 Å². The fourth-order valence-corrected chi connectivity index (χ4v) is 1.67. The summed E-state index contributed by atoms with van der Waals surface area (Å²) in [6.07, 6.45) is 1.40. The minimum atomic E-state index is -0.512. The van der Waals surface area contributed by atoms with Crippen molar-refractivity contribution in [2.24, 2.45) is 0 Å². The van der Waals surface area contributed by atoms with E-state index in [0.29, 0.717) is 5.56 Å². The Morgan fingerprint density at radius 2 is 2.20 bits per heavy atom. The van der Waals surface area contributed by atoms with Crippen molar-refractivity contribution >= 4 is 29.1 Å². The van der Waals surface area contributed by atoms with Crippen molar-refractivity contribution in [1.82, 2.24) is 9.97 Å². The number of amides is 1. The van der Waals surface area contributed by atoms with Crippen LogP contribution < -0.4 is 5.32 Å². The van der Waals surface area contributed by atoms with Crippen LogP contribution in [0.5, 0.6) is 0 Å². The Balaban J connectivity index is 2.04. The van der Waals surface area contributed by atoms with E-state index in [-0.39, 0.29) is 29.1 Å². The number of hydrogen-bond acceptors (Lipinski definition) is 5. The molecule has 102 valence electrons. The van der Waals surface area contributed by atoms with E-state index in [9.17, 15) is 14.9 Å². The van der Waals surface area contributed by atoms with E-state index in [2.05, 4.69) is 15.3 Å². The molecule has 1 heterocycles. The predicted molar refractivity (Wildman–Crippen MR) is 72.5 cm³/mol. The maximum Gasteiger partial charge on any atom is 0.269 e. The topological polar surface area (TPSA) is 98.0 Å². The summed E-state index contributed by atoms with van der Waals surface area (Å²) < 4.78 is 0. The van der Waals surface area contributed by atoms with Crippen LogP contribution in [0.3, 0.4) is 0 Å². The van der Waals surface area contributed by atoms with Gasteiger partial charge < -0.3 is 0 Å². The van der Waals surface area contributed by atoms with Gasteiger partial charge in [0, 0.05) is 18.3 Å². The van der Waals surface area contributed by atoms with Gasteiger partial charge in [-0.3, -0.25) is 20.2 Å². The van der Waals surface area contributed by atoms with Crippen molar-refractivity contribution in [1.29, 1.82) is 0 Å². The van der Waals surface area contributed by atoms with Crippen LogP contribution >= 0.6 is 11.6 Å². The van der Waals surface area contributed by atoms with E-state index in [1.54, 1.807) is 6.07 Å². The fourth-order valence-electron chi connectivity index (χ4n) is 1.53. The molecular weight excluding hydrogens is 284 g/mol. The largest absolute Gasteiger partial charge is 0.294 e. The lowest BCUT2D eigenvalue weighted by Crippen LogP contribution is -2.16. The highest BCUT2D eigenvalue weighted by molar-refractivity contribution is 6.29. The minimum Gasteiger partial charge on any atom is -0.294 e. The van der Waals surface area contributed by atoms with Gasteiger partial charge in [-0.15, -0.1) is 0 Å². The Hall–Kier alpha value is -2.54. The van der Waals surface area contributed by atoms with Crippen molar-refractivity contribution in [2.75, 3.05) is 5.32 Å². The van der Waals surface area contributed by atoms with Gasteiger partial charge in [0.2, 0.25) is 11.9 Å². The molecule has 20 heavy (non-hydrogen) atoms. The molecule has 0 saturated carbocycles. The average molecular weight is 293 g/mol. The second kappa shape index (κ2) is 6.07. The monoisotopic (exact) mass is 292 g/mol. The summed E-state index contributed by atoms with van der Waals surface area (Å²) in [5, 5.41) is 13.3. The highest BCUT2D eigenvalue weighted by Gasteiger charge is 2.10. The molecule has 1 aromatic carbocycles. The lowest BCUT2D eigenvalue weighted by Gasteiger charge is -2.03. The third kappa shape index (κ3) is 3.72. The zero-order chi connectivity index (χ0) is 14.5. The second-order valence-electron chi connectivity index (χ2n) is 3.85. The maximum atomic E-state index is 11.8. The number of hydrogen-bond donors (Lipinski definition) is 1. The van der Waals surface area contributed by atoms with Crippen molar-refractivity contribution in [3.8, 4) is 0 Å². The van der Waals surface area contributed by atoms with Crippen LogP contribution in [0.25, 0.3) is 0 Å². The Bertz CT molecular complexity index is 663. The van der Waals surface area contributed by atoms with Crippen molar-refractivity contribution in [3.63, 3.8) is 0 Å². The van der Waals surface area contributed by atoms with Crippen molar-refractivity contribution in [2.45, 2.75) is 6.42 Å². The Morgan fingerprint density at radius 1 is 1.40 bits per heavy atom. The molecule has 0 radical (unpaired) electrons. The SMILES string of the molecule is O=C(Cc1cccc([N+](=O)[O-])c1)Nc1nccc(Cl)n1. The third-order valence-electron chi connectivity index (χ3n) is 2.36. The fraction of sp³-hybridized carbons (Fsp3) is 0.0833. The second-order valence-corrected chi connectivity index (χ2v) is 4.24. The van der Waals surface area contributed by atoms with Gasteiger partial charge in [0.05, 0.1) is 11.3 Å². The van der Waals surface area contributed by atoms with Crippen LogP contribution in [0.1, 0.15) is 5.56 Å². The molecule has 1 N–H and O–H groups in total. The standard InChI is InChI=1S/C12H9ClN4O3/c13-10-4-5-14-12(15-10)16-11(18)7-8-2-1-3-9(6-8)17(19)20/h1-6H,7H2,(H,14,15,16,18). The molecule has 1 amide bonds. The molecular formula is C12H9ClN4O3. The summed E-state index contributed by atoms with van der Waals surface area (Å²) >= 11 is 5.67. The van der Waals surface area contributed by atoms with E-state index in [1.165, 1.54) is 30.5 Å². The van der Waals surface area contributed by atoms with Gasteiger partial charge in [-0.05, 0) is 11.6 Å². The number of nitro groups is 1. The number of non-ortho nitro benzene ring substituents is 1. The summed E-state index contributed by atoms with van der Waals surface area (Å²) in [6.45, 7) is 0. The van der Waals surface area contributed by atoms with Crippen LogP contribution in [-0.4, -0.2) is 20.8 Å². The van der Waals surface area contributed by atoms with Gasteiger partial charge in [0.1, 0.15) is 5.15 Å². The molecule has 0 fully saturated rings. The number of aromatic nitrogens is 2. The first-order valence-electron chi connectivity index (χ1n) is 5.56. The number of carbonyl (C=O) groups is 1. The first-order valence-corrected chi connectivity index (χ1v) is 5.94. The number of anilines is 1. The Labute approximate surface area is 118 Å². The van der Waals surface area contributed by atoms with Crippen LogP contribution in [0.4, 0.5) is 11.6 Å². The number of carbonyl (C=O) groups excluding carboxylic acids is 1. The number of halogens is 1. The quantitative estimate of drug-likeness (QED) is 0.529. The van der Waals surface area contributed by atoms with Crippen LogP contribution in [0.2, 0.25) is 5.15 Å². The van der Waals surface area contributed by atoms with E-state index in [1.807, 2.05) is 0 Å². The van der Waals surface area contributed by atoms with Gasteiger partial charge in [-0.2, -0.15) is 0 Å². The summed E-state index contributed by atoms with van der Waals surface area (Å²) in [6, 6.07) is 7.35. The molecule has 0 aliphatic heterocycles. The summed E-state index contributed by atoms with van der Waals surface area (Å²) in [4.78, 5) is 29.5. The Kier molecular flexibility index (Phi) is 4.21. The van der Waals surface area contributed by atoms with Gasteiger partial charge in [0.15, 0.2) is 0 Å². The normalized spacial score (nSPS) is 10.1. The number of benzene rings is 1. The predicted octanol–water partition coefficient (Wildman–Crippen LogP) is 2.22.